The van der Waals surface area contributed by atoms with Crippen molar-refractivity contribution in [3.63, 3.8) is 0 Å². The topological polar surface area (TPSA) is 25.2 Å². The van der Waals surface area contributed by atoms with Crippen LogP contribution in [0, 0.1) is 0 Å². The zero-order valence-corrected chi connectivity index (χ0v) is 11.1. The first-order valence-corrected chi connectivity index (χ1v) is 6.53. The monoisotopic (exact) mass is 243 g/mol. The highest BCUT2D eigenvalue weighted by Gasteiger charge is 2.30. The predicted octanol–water partition coefficient (Wildman–Crippen LogP) is 3.39. The summed E-state index contributed by atoms with van der Waals surface area (Å²) in [5, 5.41) is 3.33. The van der Waals surface area contributed by atoms with Crippen LogP contribution in [0.5, 0.6) is 0 Å². The van der Waals surface area contributed by atoms with Crippen LogP contribution in [-0.4, -0.2) is 13.6 Å². The van der Waals surface area contributed by atoms with E-state index in [9.17, 15) is 0 Å². The number of nitrogens with one attached hydrogen (secondary N) is 1. The Morgan fingerprint density at radius 2 is 1.89 bits per heavy atom. The maximum Gasteiger partial charge on any atom is 0.104 e. The third-order valence-electron chi connectivity index (χ3n) is 3.67. The summed E-state index contributed by atoms with van der Waals surface area (Å²) in [6.07, 6.45) is 3.76. The summed E-state index contributed by atoms with van der Waals surface area (Å²) in [6.45, 7) is 3.20. The van der Waals surface area contributed by atoms with Gasteiger partial charge in [-0.2, -0.15) is 0 Å². The van der Waals surface area contributed by atoms with E-state index in [0.717, 1.165) is 25.1 Å². The smallest absolute Gasteiger partial charge is 0.104 e. The van der Waals surface area contributed by atoms with Crippen molar-refractivity contribution >= 4 is 0 Å². The molecular formula is C16H21NO. The van der Waals surface area contributed by atoms with E-state index in [4.69, 9.17) is 4.42 Å². The van der Waals surface area contributed by atoms with Crippen LogP contribution in [0.3, 0.4) is 0 Å². The number of hydrogen-bond donors (Lipinski definition) is 1. The van der Waals surface area contributed by atoms with Gasteiger partial charge in [0.1, 0.15) is 5.76 Å². The van der Waals surface area contributed by atoms with Gasteiger partial charge in [0.25, 0.3) is 0 Å². The van der Waals surface area contributed by atoms with Crippen molar-refractivity contribution in [3.05, 3.63) is 60.1 Å². The molecule has 0 radical (unpaired) electrons. The van der Waals surface area contributed by atoms with Crippen LogP contribution in [0.25, 0.3) is 0 Å². The summed E-state index contributed by atoms with van der Waals surface area (Å²) in [7, 11) is 2.01. The molecule has 0 saturated carbocycles. The first-order chi connectivity index (χ1) is 8.80. The minimum absolute atomic E-state index is 0.105. The Bertz CT molecular complexity index is 449. The van der Waals surface area contributed by atoms with Crippen molar-refractivity contribution in [1.29, 1.82) is 0 Å². The highest BCUT2D eigenvalue weighted by molar-refractivity contribution is 5.28. The second kappa shape index (κ2) is 5.87. The van der Waals surface area contributed by atoms with Gasteiger partial charge < -0.3 is 9.73 Å². The van der Waals surface area contributed by atoms with Crippen LogP contribution < -0.4 is 5.32 Å². The van der Waals surface area contributed by atoms with E-state index in [1.807, 2.05) is 13.1 Å². The molecule has 0 aliphatic heterocycles. The van der Waals surface area contributed by atoms with Crippen molar-refractivity contribution in [3.8, 4) is 0 Å². The molecule has 18 heavy (non-hydrogen) atoms. The lowest BCUT2D eigenvalue weighted by atomic mass is 9.74. The van der Waals surface area contributed by atoms with Gasteiger partial charge in [0.2, 0.25) is 0 Å². The van der Waals surface area contributed by atoms with E-state index in [-0.39, 0.29) is 5.41 Å². The van der Waals surface area contributed by atoms with Crippen LogP contribution in [-0.2, 0) is 11.8 Å². The first-order valence-electron chi connectivity index (χ1n) is 6.53. The number of benzene rings is 1. The van der Waals surface area contributed by atoms with Gasteiger partial charge in [-0.3, -0.25) is 0 Å². The van der Waals surface area contributed by atoms with Crippen LogP contribution >= 0.6 is 0 Å². The van der Waals surface area contributed by atoms with Crippen LogP contribution in [0.4, 0.5) is 0 Å². The second-order valence-corrected chi connectivity index (χ2v) is 4.79. The molecule has 1 heterocycles. The number of likely N-dealkylation sites (N-methyl/N-ethyl adjacent to an activating group) is 1. The third kappa shape index (κ3) is 2.65. The van der Waals surface area contributed by atoms with Crippen molar-refractivity contribution in [2.75, 3.05) is 13.6 Å². The van der Waals surface area contributed by atoms with Gasteiger partial charge in [-0.25, -0.2) is 0 Å². The maximum atomic E-state index is 5.53. The molecule has 2 nitrogen and oxygen atoms in total. The highest BCUT2D eigenvalue weighted by Crippen LogP contribution is 2.31. The van der Waals surface area contributed by atoms with Gasteiger partial charge in [0.05, 0.1) is 6.26 Å². The average molecular weight is 243 g/mol. The summed E-state index contributed by atoms with van der Waals surface area (Å²) in [5.74, 6) is 1.05. The van der Waals surface area contributed by atoms with E-state index < -0.39 is 0 Å². The van der Waals surface area contributed by atoms with Crippen molar-refractivity contribution in [2.45, 2.75) is 25.2 Å². The second-order valence-electron chi connectivity index (χ2n) is 4.79. The minimum Gasteiger partial charge on any atom is -0.469 e. The van der Waals surface area contributed by atoms with Crippen LogP contribution in [0.2, 0.25) is 0 Å². The van der Waals surface area contributed by atoms with Gasteiger partial charge in [-0.15, -0.1) is 0 Å². The summed E-state index contributed by atoms with van der Waals surface area (Å²) < 4.78 is 5.53. The van der Waals surface area contributed by atoms with Gasteiger partial charge >= 0.3 is 0 Å². The zero-order valence-electron chi connectivity index (χ0n) is 11.1. The molecule has 0 aliphatic carbocycles. The summed E-state index contributed by atoms with van der Waals surface area (Å²) in [6, 6.07) is 14.7. The average Bonchev–Trinajstić information content (AvgIpc) is 2.92. The fourth-order valence-electron chi connectivity index (χ4n) is 2.60. The maximum absolute atomic E-state index is 5.53. The number of hydrogen-bond acceptors (Lipinski definition) is 2. The fraction of sp³-hybridized carbons (Fsp3) is 0.375. The normalized spacial score (nSPS) is 14.3. The molecule has 2 aromatic rings. The number of rotatable bonds is 6. The third-order valence-corrected chi connectivity index (χ3v) is 3.67. The standard InChI is InChI=1S/C16H21NO/c1-3-16(13-17-2,12-15-10-7-11-18-15)14-8-5-4-6-9-14/h4-11,17H,3,12-13H2,1-2H3. The van der Waals surface area contributed by atoms with Gasteiger partial charge in [0.15, 0.2) is 0 Å². The largest absolute Gasteiger partial charge is 0.469 e. The van der Waals surface area contributed by atoms with E-state index in [1.54, 1.807) is 6.26 Å². The molecule has 0 aliphatic rings. The Kier molecular flexibility index (Phi) is 4.21. The fourth-order valence-corrected chi connectivity index (χ4v) is 2.60. The lowest BCUT2D eigenvalue weighted by Crippen LogP contribution is -2.38. The molecule has 1 N–H and O–H groups in total. The van der Waals surface area contributed by atoms with E-state index in [1.165, 1.54) is 5.56 Å². The molecule has 0 amide bonds. The molecule has 1 atom stereocenters. The Balaban J connectivity index is 2.33. The first kappa shape index (κ1) is 12.9. The molecule has 0 saturated heterocycles. The Morgan fingerprint density at radius 3 is 2.44 bits per heavy atom. The van der Waals surface area contributed by atoms with Crippen molar-refractivity contribution < 1.29 is 4.42 Å². The molecule has 2 rings (SSSR count). The Morgan fingerprint density at radius 1 is 1.11 bits per heavy atom. The predicted molar refractivity (Wildman–Crippen MR) is 74.7 cm³/mol. The summed E-state index contributed by atoms with van der Waals surface area (Å²) >= 11 is 0. The van der Waals surface area contributed by atoms with Gasteiger partial charge in [-0.05, 0) is 31.2 Å². The molecule has 1 aromatic carbocycles. The van der Waals surface area contributed by atoms with Crippen molar-refractivity contribution in [1.82, 2.24) is 5.32 Å². The Hall–Kier alpha value is -1.54. The molecule has 96 valence electrons. The van der Waals surface area contributed by atoms with Crippen LogP contribution in [0.15, 0.2) is 53.1 Å². The highest BCUT2D eigenvalue weighted by atomic mass is 16.3. The molecule has 1 unspecified atom stereocenters. The van der Waals surface area contributed by atoms with E-state index >= 15 is 0 Å². The lowest BCUT2D eigenvalue weighted by molar-refractivity contribution is 0.355. The molecule has 0 spiro atoms. The Labute approximate surface area is 109 Å². The molecular weight excluding hydrogens is 222 g/mol. The molecule has 0 bridgehead atoms. The molecule has 2 heteroatoms. The van der Waals surface area contributed by atoms with Crippen LogP contribution in [0.1, 0.15) is 24.7 Å². The van der Waals surface area contributed by atoms with Gasteiger partial charge in [0, 0.05) is 18.4 Å². The SMILES string of the molecule is CCC(CNC)(Cc1ccco1)c1ccccc1. The molecule has 1 aromatic heterocycles. The quantitative estimate of drug-likeness (QED) is 0.841. The minimum atomic E-state index is 0.105. The van der Waals surface area contributed by atoms with E-state index in [0.29, 0.717) is 0 Å². The lowest BCUT2D eigenvalue weighted by Gasteiger charge is -2.32. The zero-order chi connectivity index (χ0) is 12.8. The molecule has 0 fully saturated rings. The van der Waals surface area contributed by atoms with E-state index in [2.05, 4.69) is 48.6 Å². The van der Waals surface area contributed by atoms with Gasteiger partial charge in [-0.1, -0.05) is 37.3 Å². The summed E-state index contributed by atoms with van der Waals surface area (Å²) in [4.78, 5) is 0. The number of furan rings is 1. The summed E-state index contributed by atoms with van der Waals surface area (Å²) in [5.41, 5.74) is 1.48. The van der Waals surface area contributed by atoms with Crippen molar-refractivity contribution in [2.24, 2.45) is 0 Å².